The van der Waals surface area contributed by atoms with Crippen LogP contribution < -0.4 is 10.6 Å². The first-order valence-electron chi connectivity index (χ1n) is 5.04. The third-order valence-electron chi connectivity index (χ3n) is 1.97. The first-order chi connectivity index (χ1) is 8.02. The summed E-state index contributed by atoms with van der Waals surface area (Å²) in [6.07, 6.45) is 0. The number of ether oxygens (including phenoxy) is 1. The van der Waals surface area contributed by atoms with Crippen molar-refractivity contribution in [1.29, 1.82) is 0 Å². The molecule has 0 aliphatic carbocycles. The number of thiocarbonyl (C=S) groups is 1. The molecule has 1 aromatic carbocycles. The number of benzene rings is 1. The lowest BCUT2D eigenvalue weighted by atomic mass is 10.3. The second kappa shape index (κ2) is 6.74. The number of rotatable bonds is 4. The summed E-state index contributed by atoms with van der Waals surface area (Å²) in [5, 5.41) is 6.41. The van der Waals surface area contributed by atoms with Gasteiger partial charge in [0.05, 0.1) is 12.3 Å². The summed E-state index contributed by atoms with van der Waals surface area (Å²) in [7, 11) is 1.60. The summed E-state index contributed by atoms with van der Waals surface area (Å²) in [6, 6.07) is 4.40. The molecular weight excluding hydrogens is 263 g/mol. The summed E-state index contributed by atoms with van der Waals surface area (Å²) >= 11 is 10.7. The van der Waals surface area contributed by atoms with Gasteiger partial charge < -0.3 is 15.4 Å². The third-order valence-corrected chi connectivity index (χ3v) is 2.43. The van der Waals surface area contributed by atoms with Crippen LogP contribution in [0.2, 0.25) is 5.02 Å². The van der Waals surface area contributed by atoms with Crippen LogP contribution in [0, 0.1) is 5.82 Å². The number of halogens is 2. The van der Waals surface area contributed by atoms with Gasteiger partial charge in [0.2, 0.25) is 0 Å². The average molecular weight is 277 g/mol. The van der Waals surface area contributed by atoms with Crippen LogP contribution in [0.4, 0.5) is 10.1 Å². The molecule has 0 aliphatic rings. The maximum atomic E-state index is 13.4. The van der Waals surface area contributed by atoms with E-state index in [2.05, 4.69) is 10.6 Å². The van der Waals surface area contributed by atoms with Crippen molar-refractivity contribution in [3.63, 3.8) is 0 Å². The minimum absolute atomic E-state index is 0.0513. The molecule has 1 aromatic rings. The smallest absolute Gasteiger partial charge is 0.171 e. The average Bonchev–Trinajstić information content (AvgIpc) is 2.22. The summed E-state index contributed by atoms with van der Waals surface area (Å²) < 4.78 is 18.4. The molecule has 17 heavy (non-hydrogen) atoms. The number of hydrogen-bond acceptors (Lipinski definition) is 2. The summed E-state index contributed by atoms with van der Waals surface area (Å²) in [5.74, 6) is -0.443. The van der Waals surface area contributed by atoms with Gasteiger partial charge in [-0.15, -0.1) is 0 Å². The molecule has 94 valence electrons. The van der Waals surface area contributed by atoms with Crippen molar-refractivity contribution in [1.82, 2.24) is 5.32 Å². The lowest BCUT2D eigenvalue weighted by Crippen LogP contribution is -2.38. The number of methoxy groups -OCH3 is 1. The molecule has 0 saturated heterocycles. The highest BCUT2D eigenvalue weighted by Crippen LogP contribution is 2.18. The molecule has 0 aromatic heterocycles. The van der Waals surface area contributed by atoms with Crippen LogP contribution in [-0.2, 0) is 4.74 Å². The molecule has 1 unspecified atom stereocenters. The Bertz CT molecular complexity index is 403. The predicted molar refractivity (Wildman–Crippen MR) is 72.1 cm³/mol. The first kappa shape index (κ1) is 14.2. The lowest BCUT2D eigenvalue weighted by molar-refractivity contribution is 0.179. The third kappa shape index (κ3) is 4.85. The zero-order valence-electron chi connectivity index (χ0n) is 9.59. The van der Waals surface area contributed by atoms with Gasteiger partial charge in [-0.05, 0) is 37.3 Å². The van der Waals surface area contributed by atoms with Gasteiger partial charge >= 0.3 is 0 Å². The number of hydrogen-bond donors (Lipinski definition) is 2. The number of anilines is 1. The van der Waals surface area contributed by atoms with E-state index >= 15 is 0 Å². The summed E-state index contributed by atoms with van der Waals surface area (Å²) in [6.45, 7) is 2.43. The summed E-state index contributed by atoms with van der Waals surface area (Å²) in [4.78, 5) is 0. The van der Waals surface area contributed by atoms with Gasteiger partial charge in [-0.25, -0.2) is 4.39 Å². The van der Waals surface area contributed by atoms with Crippen molar-refractivity contribution in [3.8, 4) is 0 Å². The molecule has 1 atom stereocenters. The van der Waals surface area contributed by atoms with Crippen LogP contribution in [0.5, 0.6) is 0 Å². The predicted octanol–water partition coefficient (Wildman–Crippen LogP) is 2.80. The van der Waals surface area contributed by atoms with Crippen LogP contribution in [0.3, 0.4) is 0 Å². The Kier molecular flexibility index (Phi) is 5.61. The fourth-order valence-corrected chi connectivity index (χ4v) is 1.73. The fraction of sp³-hybridized carbons (Fsp3) is 0.364. The Hall–Kier alpha value is -0.910. The lowest BCUT2D eigenvalue weighted by Gasteiger charge is -2.16. The summed E-state index contributed by atoms with van der Waals surface area (Å²) in [5.41, 5.74) is 0.288. The van der Waals surface area contributed by atoms with Gasteiger partial charge in [0.1, 0.15) is 5.82 Å². The fourth-order valence-electron chi connectivity index (χ4n) is 1.26. The molecule has 6 heteroatoms. The van der Waals surface area contributed by atoms with Gasteiger partial charge in [0.25, 0.3) is 0 Å². The largest absolute Gasteiger partial charge is 0.383 e. The van der Waals surface area contributed by atoms with E-state index in [0.717, 1.165) is 0 Å². The zero-order chi connectivity index (χ0) is 12.8. The van der Waals surface area contributed by atoms with Crippen molar-refractivity contribution in [2.24, 2.45) is 0 Å². The van der Waals surface area contributed by atoms with Crippen molar-refractivity contribution in [2.45, 2.75) is 13.0 Å². The monoisotopic (exact) mass is 276 g/mol. The van der Waals surface area contributed by atoms with Crippen LogP contribution in [-0.4, -0.2) is 24.9 Å². The molecule has 0 saturated carbocycles. The van der Waals surface area contributed by atoms with Gasteiger partial charge in [0, 0.05) is 18.2 Å². The second-order valence-electron chi connectivity index (χ2n) is 3.58. The van der Waals surface area contributed by atoms with Gasteiger partial charge in [-0.3, -0.25) is 0 Å². The standard InChI is InChI=1S/C11H14ClFN2OS/c1-7(6-16-2)14-11(17)15-10-4-3-8(12)5-9(10)13/h3-5,7H,6H2,1-2H3,(H2,14,15,17). The van der Waals surface area contributed by atoms with Crippen molar-refractivity contribution in [2.75, 3.05) is 19.0 Å². The molecule has 1 rings (SSSR count). The Morgan fingerprint density at radius 3 is 2.88 bits per heavy atom. The van der Waals surface area contributed by atoms with Gasteiger partial charge in [-0.2, -0.15) is 0 Å². The van der Waals surface area contributed by atoms with Crippen LogP contribution >= 0.6 is 23.8 Å². The molecule has 0 spiro atoms. The SMILES string of the molecule is COCC(C)NC(=S)Nc1ccc(Cl)cc1F. The van der Waals surface area contributed by atoms with Crippen LogP contribution in [0.1, 0.15) is 6.92 Å². The van der Waals surface area contributed by atoms with Gasteiger partial charge in [-0.1, -0.05) is 11.6 Å². The molecule has 0 heterocycles. The maximum Gasteiger partial charge on any atom is 0.171 e. The molecule has 0 aliphatic heterocycles. The van der Waals surface area contributed by atoms with E-state index in [1.165, 1.54) is 12.1 Å². The Balaban J connectivity index is 2.56. The zero-order valence-corrected chi connectivity index (χ0v) is 11.2. The van der Waals surface area contributed by atoms with Crippen LogP contribution in [0.25, 0.3) is 0 Å². The van der Waals surface area contributed by atoms with Crippen molar-refractivity contribution >= 4 is 34.6 Å². The molecule has 2 N–H and O–H groups in total. The second-order valence-corrected chi connectivity index (χ2v) is 4.42. The quantitative estimate of drug-likeness (QED) is 0.829. The van der Waals surface area contributed by atoms with Crippen molar-refractivity contribution < 1.29 is 9.13 Å². The van der Waals surface area contributed by atoms with E-state index in [0.29, 0.717) is 16.7 Å². The molecule has 0 bridgehead atoms. The highest BCUT2D eigenvalue weighted by atomic mass is 35.5. The maximum absolute atomic E-state index is 13.4. The molecule has 3 nitrogen and oxygen atoms in total. The molecule has 0 radical (unpaired) electrons. The van der Waals surface area contributed by atoms with E-state index in [9.17, 15) is 4.39 Å². The minimum Gasteiger partial charge on any atom is -0.383 e. The van der Waals surface area contributed by atoms with Crippen molar-refractivity contribution in [3.05, 3.63) is 29.0 Å². The Morgan fingerprint density at radius 1 is 1.59 bits per heavy atom. The Morgan fingerprint density at radius 2 is 2.29 bits per heavy atom. The normalized spacial score (nSPS) is 12.0. The Labute approximate surface area is 110 Å². The van der Waals surface area contributed by atoms with E-state index < -0.39 is 5.82 Å². The minimum atomic E-state index is -0.443. The van der Waals surface area contributed by atoms with E-state index in [1.54, 1.807) is 13.2 Å². The highest BCUT2D eigenvalue weighted by molar-refractivity contribution is 7.80. The van der Waals surface area contributed by atoms with E-state index in [1.807, 2.05) is 6.92 Å². The molecule has 0 amide bonds. The molecular formula is C11H14ClFN2OS. The van der Waals surface area contributed by atoms with Gasteiger partial charge in [0.15, 0.2) is 5.11 Å². The number of nitrogens with one attached hydrogen (secondary N) is 2. The molecule has 0 fully saturated rings. The van der Waals surface area contributed by atoms with E-state index in [4.69, 9.17) is 28.6 Å². The van der Waals surface area contributed by atoms with E-state index in [-0.39, 0.29) is 11.7 Å². The van der Waals surface area contributed by atoms with Crippen LogP contribution in [0.15, 0.2) is 18.2 Å². The first-order valence-corrected chi connectivity index (χ1v) is 5.83. The topological polar surface area (TPSA) is 33.3 Å². The highest BCUT2D eigenvalue weighted by Gasteiger charge is 2.07.